The fraction of sp³-hybridized carbons (Fsp3) is 0.733. The molecule has 0 spiro atoms. The molecular weight excluding hydrogens is 228 g/mol. The summed E-state index contributed by atoms with van der Waals surface area (Å²) < 4.78 is 0. The number of hydrogen-bond donors (Lipinski definition) is 0. The summed E-state index contributed by atoms with van der Waals surface area (Å²) in [7, 11) is 0. The molecule has 0 radical (unpaired) electrons. The van der Waals surface area contributed by atoms with Crippen molar-refractivity contribution in [2.75, 3.05) is 0 Å². The predicted octanol–water partition coefficient (Wildman–Crippen LogP) is 4.11. The summed E-state index contributed by atoms with van der Waals surface area (Å²) in [6, 6.07) is 0. The van der Waals surface area contributed by atoms with Crippen LogP contribution in [0.25, 0.3) is 0 Å². The summed E-state index contributed by atoms with van der Waals surface area (Å²) in [5.74, 6) is 0. The SMILES string of the molecule is C/C1=C/CC(C)(C)/C=C/CC2(C)OOOC2CC1. The Kier molecular flexibility index (Phi) is 3.95. The van der Waals surface area contributed by atoms with Crippen molar-refractivity contribution >= 4 is 0 Å². The van der Waals surface area contributed by atoms with E-state index < -0.39 is 0 Å². The molecule has 1 fully saturated rings. The number of allylic oxidation sites excluding steroid dienone is 3. The van der Waals surface area contributed by atoms with Gasteiger partial charge >= 0.3 is 0 Å². The average molecular weight is 252 g/mol. The van der Waals surface area contributed by atoms with Crippen molar-refractivity contribution in [2.45, 2.75) is 65.1 Å². The van der Waals surface area contributed by atoms with Crippen LogP contribution in [0, 0.1) is 5.41 Å². The second-order valence-electron chi connectivity index (χ2n) is 6.44. The molecular formula is C15H24O3. The molecule has 102 valence electrons. The van der Waals surface area contributed by atoms with Crippen molar-refractivity contribution in [1.82, 2.24) is 0 Å². The first-order valence-electron chi connectivity index (χ1n) is 6.76. The highest BCUT2D eigenvalue weighted by molar-refractivity contribution is 5.08. The fourth-order valence-electron chi connectivity index (χ4n) is 2.40. The molecule has 0 saturated carbocycles. The molecule has 0 aromatic rings. The zero-order valence-corrected chi connectivity index (χ0v) is 11.9. The Morgan fingerprint density at radius 2 is 2.00 bits per heavy atom. The van der Waals surface area contributed by atoms with E-state index in [4.69, 9.17) is 14.8 Å². The largest absolute Gasteiger partial charge is 0.200 e. The second-order valence-corrected chi connectivity index (χ2v) is 6.44. The minimum atomic E-state index is -0.364. The Hall–Kier alpha value is -0.640. The molecule has 2 aliphatic rings. The van der Waals surface area contributed by atoms with Crippen LogP contribution in [-0.4, -0.2) is 11.7 Å². The van der Waals surface area contributed by atoms with E-state index in [0.717, 1.165) is 25.7 Å². The van der Waals surface area contributed by atoms with Gasteiger partial charge in [-0.1, -0.05) is 42.7 Å². The lowest BCUT2D eigenvalue weighted by Crippen LogP contribution is -2.36. The molecule has 18 heavy (non-hydrogen) atoms. The Labute approximate surface area is 110 Å². The topological polar surface area (TPSA) is 27.7 Å². The third-order valence-electron chi connectivity index (χ3n) is 3.93. The van der Waals surface area contributed by atoms with E-state index in [9.17, 15) is 0 Å². The van der Waals surface area contributed by atoms with E-state index in [1.54, 1.807) is 0 Å². The fourth-order valence-corrected chi connectivity index (χ4v) is 2.40. The molecule has 0 amide bonds. The zero-order valence-electron chi connectivity index (χ0n) is 11.9. The van der Waals surface area contributed by atoms with Gasteiger partial charge in [0.2, 0.25) is 0 Å². The monoisotopic (exact) mass is 252 g/mol. The molecule has 3 heteroatoms. The van der Waals surface area contributed by atoms with Gasteiger partial charge in [-0.15, -0.1) is 0 Å². The van der Waals surface area contributed by atoms with Gasteiger partial charge in [0.1, 0.15) is 11.7 Å². The minimum Gasteiger partial charge on any atom is -0.200 e. The first kappa shape index (κ1) is 13.8. The van der Waals surface area contributed by atoms with Gasteiger partial charge in [0.15, 0.2) is 0 Å². The van der Waals surface area contributed by atoms with E-state index in [1.165, 1.54) is 5.57 Å². The lowest BCUT2D eigenvalue weighted by Gasteiger charge is -2.23. The van der Waals surface area contributed by atoms with Crippen molar-refractivity contribution in [2.24, 2.45) is 5.41 Å². The van der Waals surface area contributed by atoms with Gasteiger partial charge in [0.05, 0.1) is 0 Å². The Balaban J connectivity index is 2.19. The minimum absolute atomic E-state index is 0.00622. The van der Waals surface area contributed by atoms with Crippen LogP contribution in [0.5, 0.6) is 0 Å². The maximum atomic E-state index is 5.33. The van der Waals surface area contributed by atoms with Gasteiger partial charge in [-0.2, -0.15) is 9.78 Å². The highest BCUT2D eigenvalue weighted by Crippen LogP contribution is 2.35. The van der Waals surface area contributed by atoms with Crippen LogP contribution < -0.4 is 0 Å². The van der Waals surface area contributed by atoms with Crippen LogP contribution in [0.3, 0.4) is 0 Å². The second kappa shape index (κ2) is 5.16. The lowest BCUT2D eigenvalue weighted by molar-refractivity contribution is -0.473. The molecule has 1 saturated heterocycles. The van der Waals surface area contributed by atoms with Gasteiger partial charge in [0.25, 0.3) is 0 Å². The normalized spacial score (nSPS) is 41.3. The standard InChI is InChI=1S/C15H24O3/c1-12-6-7-13-15(4,17-18-16-13)10-5-9-14(2,3)11-8-12/h5,8-9,13H,6-7,10-11H2,1-4H3/b9-5+,12-8-. The van der Waals surface area contributed by atoms with Crippen molar-refractivity contribution in [3.05, 3.63) is 23.8 Å². The Bertz CT molecular complexity index is 357. The molecule has 2 rings (SSSR count). The molecule has 1 aliphatic carbocycles. The maximum Gasteiger partial charge on any atom is 0.137 e. The molecule has 0 aromatic carbocycles. The van der Waals surface area contributed by atoms with Gasteiger partial charge in [-0.3, -0.25) is 0 Å². The predicted molar refractivity (Wildman–Crippen MR) is 70.6 cm³/mol. The quantitative estimate of drug-likeness (QED) is 0.479. The molecule has 0 bridgehead atoms. The van der Waals surface area contributed by atoms with Gasteiger partial charge in [-0.05, 0) is 38.5 Å². The van der Waals surface area contributed by atoms with E-state index in [2.05, 4.69) is 45.9 Å². The molecule has 2 unspecified atom stereocenters. The van der Waals surface area contributed by atoms with E-state index in [-0.39, 0.29) is 17.1 Å². The van der Waals surface area contributed by atoms with Gasteiger partial charge in [0, 0.05) is 6.42 Å². The first-order chi connectivity index (χ1) is 8.41. The third kappa shape index (κ3) is 3.22. The van der Waals surface area contributed by atoms with Crippen LogP contribution in [-0.2, 0) is 14.8 Å². The van der Waals surface area contributed by atoms with Crippen LogP contribution in [0.1, 0.15) is 53.4 Å². The molecule has 2 atom stereocenters. The summed E-state index contributed by atoms with van der Waals surface area (Å²) in [6.07, 6.45) is 10.7. The molecule has 0 aromatic heterocycles. The van der Waals surface area contributed by atoms with Crippen molar-refractivity contribution in [3.63, 3.8) is 0 Å². The maximum absolute atomic E-state index is 5.33. The van der Waals surface area contributed by atoms with Crippen molar-refractivity contribution in [3.8, 4) is 0 Å². The molecule has 1 heterocycles. The summed E-state index contributed by atoms with van der Waals surface area (Å²) in [5, 5.41) is 4.75. The Morgan fingerprint density at radius 1 is 1.22 bits per heavy atom. The zero-order chi connectivity index (χ0) is 13.2. The Morgan fingerprint density at radius 3 is 2.78 bits per heavy atom. The van der Waals surface area contributed by atoms with E-state index in [0.29, 0.717) is 0 Å². The van der Waals surface area contributed by atoms with Crippen molar-refractivity contribution < 1.29 is 14.8 Å². The van der Waals surface area contributed by atoms with Crippen LogP contribution in [0.2, 0.25) is 0 Å². The molecule has 1 aliphatic heterocycles. The number of rotatable bonds is 0. The average Bonchev–Trinajstić information content (AvgIpc) is 2.64. The van der Waals surface area contributed by atoms with Crippen LogP contribution >= 0.6 is 0 Å². The van der Waals surface area contributed by atoms with Crippen LogP contribution in [0.4, 0.5) is 0 Å². The lowest BCUT2D eigenvalue weighted by atomic mass is 9.87. The highest BCUT2D eigenvalue weighted by Gasteiger charge is 2.43. The van der Waals surface area contributed by atoms with E-state index >= 15 is 0 Å². The molecule has 0 N–H and O–H groups in total. The van der Waals surface area contributed by atoms with E-state index in [1.807, 2.05) is 0 Å². The summed E-state index contributed by atoms with van der Waals surface area (Å²) >= 11 is 0. The summed E-state index contributed by atoms with van der Waals surface area (Å²) in [6.45, 7) is 8.76. The highest BCUT2D eigenvalue weighted by atomic mass is 17.5. The van der Waals surface area contributed by atoms with Crippen LogP contribution in [0.15, 0.2) is 23.8 Å². The third-order valence-corrected chi connectivity index (χ3v) is 3.93. The van der Waals surface area contributed by atoms with Gasteiger partial charge in [-0.25, -0.2) is 0 Å². The van der Waals surface area contributed by atoms with Crippen molar-refractivity contribution in [1.29, 1.82) is 0 Å². The smallest absolute Gasteiger partial charge is 0.137 e. The number of hydrogen-bond acceptors (Lipinski definition) is 3. The summed E-state index contributed by atoms with van der Waals surface area (Å²) in [5.41, 5.74) is 1.24. The summed E-state index contributed by atoms with van der Waals surface area (Å²) in [4.78, 5) is 10.6. The molecule has 3 nitrogen and oxygen atoms in total. The first-order valence-corrected chi connectivity index (χ1v) is 6.76. The van der Waals surface area contributed by atoms with Gasteiger partial charge < -0.3 is 0 Å². The number of fused-ring (bicyclic) bond motifs is 1.